The van der Waals surface area contributed by atoms with Crippen LogP contribution in [0.2, 0.25) is 0 Å². The van der Waals surface area contributed by atoms with Crippen LogP contribution in [0.4, 0.5) is 0 Å². The first-order valence-corrected chi connectivity index (χ1v) is 9.22. The van der Waals surface area contributed by atoms with Crippen molar-refractivity contribution in [1.29, 1.82) is 0 Å². The van der Waals surface area contributed by atoms with E-state index in [1.807, 2.05) is 35.2 Å². The molecule has 1 saturated heterocycles. The number of nitrogens with zero attached hydrogens (tertiary/aromatic N) is 2. The molecule has 4 rings (SSSR count). The van der Waals surface area contributed by atoms with E-state index >= 15 is 0 Å². The Morgan fingerprint density at radius 2 is 2.31 bits per heavy atom. The molecule has 2 fully saturated rings. The van der Waals surface area contributed by atoms with Gasteiger partial charge in [0.15, 0.2) is 0 Å². The van der Waals surface area contributed by atoms with Crippen LogP contribution in [0.5, 0.6) is 0 Å². The Morgan fingerprint density at radius 1 is 1.38 bits per heavy atom. The van der Waals surface area contributed by atoms with Gasteiger partial charge in [0.1, 0.15) is 0 Å². The number of morpholine rings is 1. The molecule has 0 N–H and O–H groups in total. The molecule has 0 radical (unpaired) electrons. The summed E-state index contributed by atoms with van der Waals surface area (Å²) in [6.45, 7) is 6.19. The molecule has 3 atom stereocenters. The molecular formula is C21H24N2O3. The van der Waals surface area contributed by atoms with Crippen LogP contribution in [0.15, 0.2) is 49.2 Å². The molecule has 2 aliphatic rings. The van der Waals surface area contributed by atoms with Gasteiger partial charge >= 0.3 is 0 Å². The van der Waals surface area contributed by atoms with Crippen LogP contribution < -0.4 is 0 Å². The molecule has 5 nitrogen and oxygen atoms in total. The number of aromatic nitrogens is 1. The standard InChI is InChI=1S/C21H24N2O3/c1-2-9-25-14-15-11-19-20(12-15)26-10-8-23(19)21(24)17-5-6-18-16(13-17)4-3-7-22-18/h2-7,13,15,19-20H,1,8-12,14H2. The van der Waals surface area contributed by atoms with Gasteiger partial charge in [-0.3, -0.25) is 9.78 Å². The Kier molecular flexibility index (Phi) is 5.00. The van der Waals surface area contributed by atoms with Crippen molar-refractivity contribution in [3.8, 4) is 0 Å². The van der Waals surface area contributed by atoms with E-state index in [1.165, 1.54) is 0 Å². The average molecular weight is 352 g/mol. The van der Waals surface area contributed by atoms with Crippen molar-refractivity contribution in [3.63, 3.8) is 0 Å². The molecule has 1 saturated carbocycles. The van der Waals surface area contributed by atoms with E-state index in [-0.39, 0.29) is 18.1 Å². The first kappa shape index (κ1) is 17.2. The van der Waals surface area contributed by atoms with Gasteiger partial charge in [0.2, 0.25) is 0 Å². The van der Waals surface area contributed by atoms with Crippen molar-refractivity contribution >= 4 is 16.8 Å². The summed E-state index contributed by atoms with van der Waals surface area (Å²) in [7, 11) is 0. The van der Waals surface area contributed by atoms with Gasteiger partial charge in [-0.15, -0.1) is 6.58 Å². The SMILES string of the molecule is C=CCOCC1CC2OCCN(C(=O)c3ccc4ncccc4c3)C2C1. The molecule has 26 heavy (non-hydrogen) atoms. The molecule has 2 aromatic rings. The molecule has 1 aliphatic carbocycles. The summed E-state index contributed by atoms with van der Waals surface area (Å²) >= 11 is 0. The largest absolute Gasteiger partial charge is 0.377 e. The number of hydrogen-bond acceptors (Lipinski definition) is 4. The molecule has 136 valence electrons. The Morgan fingerprint density at radius 3 is 3.19 bits per heavy atom. The maximum Gasteiger partial charge on any atom is 0.254 e. The Hall–Kier alpha value is -2.24. The predicted molar refractivity (Wildman–Crippen MR) is 100 cm³/mol. The highest BCUT2D eigenvalue weighted by atomic mass is 16.5. The number of hydrogen-bond donors (Lipinski definition) is 0. The lowest BCUT2D eigenvalue weighted by Crippen LogP contribution is -2.51. The normalized spacial score (nSPS) is 25.2. The molecule has 2 heterocycles. The zero-order valence-corrected chi connectivity index (χ0v) is 14.8. The molecule has 1 amide bonds. The van der Waals surface area contributed by atoms with E-state index in [0.29, 0.717) is 32.3 Å². The number of rotatable bonds is 5. The Bertz CT molecular complexity index is 807. The van der Waals surface area contributed by atoms with E-state index in [0.717, 1.165) is 29.3 Å². The molecule has 1 aromatic heterocycles. The summed E-state index contributed by atoms with van der Waals surface area (Å²) in [5, 5.41) is 0.991. The van der Waals surface area contributed by atoms with Crippen LogP contribution in [-0.4, -0.2) is 54.3 Å². The second kappa shape index (κ2) is 7.56. The van der Waals surface area contributed by atoms with Crippen LogP contribution in [0.1, 0.15) is 23.2 Å². The minimum atomic E-state index is 0.0849. The van der Waals surface area contributed by atoms with Crippen molar-refractivity contribution in [3.05, 3.63) is 54.7 Å². The van der Waals surface area contributed by atoms with Crippen LogP contribution >= 0.6 is 0 Å². The minimum absolute atomic E-state index is 0.0849. The summed E-state index contributed by atoms with van der Waals surface area (Å²) in [6, 6.07) is 9.76. The Labute approximate surface area is 153 Å². The number of benzene rings is 1. The molecular weight excluding hydrogens is 328 g/mol. The quantitative estimate of drug-likeness (QED) is 0.613. The fraction of sp³-hybridized carbons (Fsp3) is 0.429. The van der Waals surface area contributed by atoms with Gasteiger partial charge < -0.3 is 14.4 Å². The fourth-order valence-corrected chi connectivity index (χ4v) is 4.13. The summed E-state index contributed by atoms with van der Waals surface area (Å²) in [4.78, 5) is 19.5. The molecule has 1 aromatic carbocycles. The zero-order chi connectivity index (χ0) is 17.9. The fourth-order valence-electron chi connectivity index (χ4n) is 4.13. The van der Waals surface area contributed by atoms with Crippen molar-refractivity contribution in [1.82, 2.24) is 9.88 Å². The first-order chi connectivity index (χ1) is 12.8. The number of carbonyl (C=O) groups is 1. The van der Waals surface area contributed by atoms with Gasteiger partial charge in [0, 0.05) is 30.3 Å². The number of ether oxygens (including phenoxy) is 2. The lowest BCUT2D eigenvalue weighted by Gasteiger charge is -2.37. The van der Waals surface area contributed by atoms with E-state index in [1.54, 1.807) is 12.3 Å². The maximum atomic E-state index is 13.2. The number of pyridine rings is 1. The Balaban J connectivity index is 1.50. The van der Waals surface area contributed by atoms with Crippen molar-refractivity contribution in [2.24, 2.45) is 5.92 Å². The van der Waals surface area contributed by atoms with E-state index in [9.17, 15) is 4.79 Å². The molecule has 5 heteroatoms. The number of fused-ring (bicyclic) bond motifs is 2. The summed E-state index contributed by atoms with van der Waals surface area (Å²) in [5.74, 6) is 0.515. The van der Waals surface area contributed by atoms with E-state index in [2.05, 4.69) is 11.6 Å². The minimum Gasteiger partial charge on any atom is -0.377 e. The van der Waals surface area contributed by atoms with Gasteiger partial charge in [-0.1, -0.05) is 12.1 Å². The summed E-state index contributed by atoms with van der Waals surface area (Å²) < 4.78 is 11.6. The van der Waals surface area contributed by atoms with Gasteiger partial charge in [0.25, 0.3) is 5.91 Å². The van der Waals surface area contributed by atoms with Gasteiger partial charge in [-0.2, -0.15) is 0 Å². The third-order valence-corrected chi connectivity index (χ3v) is 5.33. The summed E-state index contributed by atoms with van der Waals surface area (Å²) in [6.07, 6.45) is 5.54. The third-order valence-electron chi connectivity index (χ3n) is 5.33. The van der Waals surface area contributed by atoms with Crippen LogP contribution in [0, 0.1) is 5.92 Å². The smallest absolute Gasteiger partial charge is 0.254 e. The summed E-state index contributed by atoms with van der Waals surface area (Å²) in [5.41, 5.74) is 1.63. The van der Waals surface area contributed by atoms with Crippen molar-refractivity contribution in [2.45, 2.75) is 25.0 Å². The number of amides is 1. The van der Waals surface area contributed by atoms with E-state index in [4.69, 9.17) is 9.47 Å². The average Bonchev–Trinajstić information content (AvgIpc) is 3.10. The highest BCUT2D eigenvalue weighted by molar-refractivity contribution is 5.98. The highest BCUT2D eigenvalue weighted by Gasteiger charge is 2.43. The second-order valence-corrected chi connectivity index (χ2v) is 7.05. The van der Waals surface area contributed by atoms with Gasteiger partial charge in [0.05, 0.1) is 30.9 Å². The highest BCUT2D eigenvalue weighted by Crippen LogP contribution is 2.35. The lowest BCUT2D eigenvalue weighted by atomic mass is 10.1. The van der Waals surface area contributed by atoms with Crippen molar-refractivity contribution in [2.75, 3.05) is 26.4 Å². The molecule has 3 unspecified atom stereocenters. The first-order valence-electron chi connectivity index (χ1n) is 9.22. The van der Waals surface area contributed by atoms with Gasteiger partial charge in [-0.25, -0.2) is 0 Å². The maximum absolute atomic E-state index is 13.2. The second-order valence-electron chi connectivity index (χ2n) is 7.05. The molecule has 1 aliphatic heterocycles. The van der Waals surface area contributed by atoms with Crippen LogP contribution in [0.25, 0.3) is 10.9 Å². The van der Waals surface area contributed by atoms with Gasteiger partial charge in [-0.05, 0) is 43.0 Å². The lowest BCUT2D eigenvalue weighted by molar-refractivity contribution is -0.0449. The topological polar surface area (TPSA) is 51.7 Å². The predicted octanol–water partition coefficient (Wildman–Crippen LogP) is 3.06. The van der Waals surface area contributed by atoms with Crippen LogP contribution in [0.3, 0.4) is 0 Å². The zero-order valence-electron chi connectivity index (χ0n) is 14.8. The van der Waals surface area contributed by atoms with Crippen molar-refractivity contribution < 1.29 is 14.3 Å². The van der Waals surface area contributed by atoms with E-state index < -0.39 is 0 Å². The molecule has 0 spiro atoms. The molecule has 0 bridgehead atoms. The number of carbonyl (C=O) groups excluding carboxylic acids is 1. The van der Waals surface area contributed by atoms with Crippen LogP contribution in [-0.2, 0) is 9.47 Å². The third kappa shape index (κ3) is 3.37. The monoisotopic (exact) mass is 352 g/mol.